The standard InChI is InChI=1S/C25H30N4O3/c1-19-23(18-28-13-15-29(16-14-28)22-6-4-3-5-7-22)27-25(32-19)21-10-8-20(9-11-21)24(30)26-12-17-31-2/h3-11H,12-18H2,1-2H3,(H,26,30). The number of para-hydroxylation sites is 1. The van der Waals surface area contributed by atoms with Crippen molar-refractivity contribution in [1.29, 1.82) is 0 Å². The Morgan fingerprint density at radius 1 is 1.06 bits per heavy atom. The van der Waals surface area contributed by atoms with E-state index in [1.54, 1.807) is 19.2 Å². The van der Waals surface area contributed by atoms with Crippen LogP contribution in [0, 0.1) is 6.92 Å². The number of nitrogens with one attached hydrogen (secondary N) is 1. The fourth-order valence-corrected chi connectivity index (χ4v) is 3.85. The first-order valence-electron chi connectivity index (χ1n) is 11.0. The number of carbonyl (C=O) groups excluding carboxylic acids is 1. The van der Waals surface area contributed by atoms with Crippen LogP contribution < -0.4 is 10.2 Å². The number of aryl methyl sites for hydroxylation is 1. The number of nitrogens with zero attached hydrogens (tertiary/aromatic N) is 3. The van der Waals surface area contributed by atoms with E-state index in [0.29, 0.717) is 24.6 Å². The zero-order valence-corrected chi connectivity index (χ0v) is 18.7. The van der Waals surface area contributed by atoms with Crippen LogP contribution in [0.15, 0.2) is 59.0 Å². The summed E-state index contributed by atoms with van der Waals surface area (Å²) in [5.74, 6) is 1.31. The fraction of sp³-hybridized carbons (Fsp3) is 0.360. The smallest absolute Gasteiger partial charge is 0.251 e. The van der Waals surface area contributed by atoms with Crippen molar-refractivity contribution in [3.8, 4) is 11.5 Å². The number of hydrogen-bond acceptors (Lipinski definition) is 6. The monoisotopic (exact) mass is 434 g/mol. The topological polar surface area (TPSA) is 70.8 Å². The third-order valence-corrected chi connectivity index (χ3v) is 5.75. The van der Waals surface area contributed by atoms with Crippen LogP contribution in [-0.4, -0.2) is 62.2 Å². The summed E-state index contributed by atoms with van der Waals surface area (Å²) >= 11 is 0. The first-order valence-corrected chi connectivity index (χ1v) is 11.0. The number of oxazole rings is 1. The fourth-order valence-electron chi connectivity index (χ4n) is 3.85. The minimum atomic E-state index is -0.118. The molecule has 7 nitrogen and oxygen atoms in total. The van der Waals surface area contributed by atoms with Gasteiger partial charge in [0.15, 0.2) is 0 Å². The van der Waals surface area contributed by atoms with Crippen LogP contribution in [0.1, 0.15) is 21.8 Å². The Morgan fingerprint density at radius 3 is 2.47 bits per heavy atom. The molecule has 168 valence electrons. The first-order chi connectivity index (χ1) is 15.6. The van der Waals surface area contributed by atoms with E-state index >= 15 is 0 Å². The summed E-state index contributed by atoms with van der Waals surface area (Å²) in [6.45, 7) is 7.69. The highest BCUT2D eigenvalue weighted by molar-refractivity contribution is 5.94. The van der Waals surface area contributed by atoms with Crippen molar-refractivity contribution in [2.24, 2.45) is 0 Å². The molecule has 0 spiro atoms. The number of hydrogen-bond donors (Lipinski definition) is 1. The number of methoxy groups -OCH3 is 1. The SMILES string of the molecule is COCCNC(=O)c1ccc(-c2nc(CN3CCN(c4ccccc4)CC3)c(C)o2)cc1. The second-order valence-electron chi connectivity index (χ2n) is 7.95. The molecule has 0 saturated carbocycles. The van der Waals surface area contributed by atoms with Crippen LogP contribution in [0.25, 0.3) is 11.5 Å². The normalized spacial score (nSPS) is 14.5. The predicted octanol–water partition coefficient (Wildman–Crippen LogP) is 3.35. The quantitative estimate of drug-likeness (QED) is 0.549. The van der Waals surface area contributed by atoms with E-state index in [1.165, 1.54) is 5.69 Å². The molecule has 1 saturated heterocycles. The second-order valence-corrected chi connectivity index (χ2v) is 7.95. The third kappa shape index (κ3) is 5.36. The number of amides is 1. The molecule has 0 unspecified atom stereocenters. The van der Waals surface area contributed by atoms with Crippen LogP contribution in [-0.2, 0) is 11.3 Å². The summed E-state index contributed by atoms with van der Waals surface area (Å²) in [6, 6.07) is 17.9. The predicted molar refractivity (Wildman–Crippen MR) is 125 cm³/mol. The van der Waals surface area contributed by atoms with Gasteiger partial charge in [-0.1, -0.05) is 18.2 Å². The van der Waals surface area contributed by atoms with Crippen molar-refractivity contribution in [3.63, 3.8) is 0 Å². The number of carbonyl (C=O) groups is 1. The van der Waals surface area contributed by atoms with E-state index < -0.39 is 0 Å². The van der Waals surface area contributed by atoms with Crippen LogP contribution in [0.3, 0.4) is 0 Å². The number of piperazine rings is 1. The van der Waals surface area contributed by atoms with Gasteiger partial charge in [0.2, 0.25) is 5.89 Å². The number of ether oxygens (including phenoxy) is 1. The lowest BCUT2D eigenvalue weighted by Crippen LogP contribution is -2.46. The van der Waals surface area contributed by atoms with Crippen LogP contribution in [0.4, 0.5) is 5.69 Å². The molecule has 0 radical (unpaired) electrons. The molecule has 4 rings (SSSR count). The third-order valence-electron chi connectivity index (χ3n) is 5.75. The van der Waals surface area contributed by atoms with Gasteiger partial charge in [-0.3, -0.25) is 9.69 Å². The van der Waals surface area contributed by atoms with E-state index in [1.807, 2.05) is 19.1 Å². The van der Waals surface area contributed by atoms with Gasteiger partial charge >= 0.3 is 0 Å². The highest BCUT2D eigenvalue weighted by Gasteiger charge is 2.20. The molecule has 1 aliphatic heterocycles. The summed E-state index contributed by atoms with van der Waals surface area (Å²) in [6.07, 6.45) is 0. The molecule has 1 fully saturated rings. The molecular weight excluding hydrogens is 404 g/mol. The Kier molecular flexibility index (Phi) is 7.19. The molecule has 1 amide bonds. The van der Waals surface area contributed by atoms with Gasteiger partial charge in [-0.15, -0.1) is 0 Å². The van der Waals surface area contributed by atoms with E-state index in [0.717, 1.165) is 49.7 Å². The Bertz CT molecular complexity index is 1010. The van der Waals surface area contributed by atoms with E-state index in [9.17, 15) is 4.79 Å². The van der Waals surface area contributed by atoms with Gasteiger partial charge in [0.05, 0.1) is 12.3 Å². The molecule has 2 heterocycles. The molecule has 1 aliphatic rings. The molecule has 2 aromatic carbocycles. The summed E-state index contributed by atoms with van der Waals surface area (Å²) in [4.78, 5) is 21.7. The number of anilines is 1. The summed E-state index contributed by atoms with van der Waals surface area (Å²) < 4.78 is 10.9. The molecule has 0 bridgehead atoms. The van der Waals surface area contributed by atoms with Gasteiger partial charge in [0, 0.05) is 63.2 Å². The van der Waals surface area contributed by atoms with Crippen LogP contribution >= 0.6 is 0 Å². The number of benzene rings is 2. The minimum absolute atomic E-state index is 0.118. The Morgan fingerprint density at radius 2 is 1.78 bits per heavy atom. The molecule has 1 aromatic heterocycles. The van der Waals surface area contributed by atoms with Crippen molar-refractivity contribution in [3.05, 3.63) is 71.6 Å². The van der Waals surface area contributed by atoms with Crippen molar-refractivity contribution in [1.82, 2.24) is 15.2 Å². The Hall–Kier alpha value is -3.16. The van der Waals surface area contributed by atoms with Crippen LogP contribution in [0.2, 0.25) is 0 Å². The maximum atomic E-state index is 12.1. The molecule has 32 heavy (non-hydrogen) atoms. The van der Waals surface area contributed by atoms with Crippen molar-refractivity contribution in [2.45, 2.75) is 13.5 Å². The average Bonchev–Trinajstić information content (AvgIpc) is 3.20. The van der Waals surface area contributed by atoms with Crippen molar-refractivity contribution < 1.29 is 13.9 Å². The second kappa shape index (κ2) is 10.4. The lowest BCUT2D eigenvalue weighted by atomic mass is 10.1. The number of aromatic nitrogens is 1. The molecule has 1 N–H and O–H groups in total. The Balaban J connectivity index is 1.34. The molecular formula is C25H30N4O3. The Labute approximate surface area is 189 Å². The minimum Gasteiger partial charge on any atom is -0.441 e. The van der Waals surface area contributed by atoms with Crippen molar-refractivity contribution >= 4 is 11.6 Å². The van der Waals surface area contributed by atoms with E-state index in [4.69, 9.17) is 14.1 Å². The van der Waals surface area contributed by atoms with Gasteiger partial charge in [0.1, 0.15) is 5.76 Å². The molecule has 0 aliphatic carbocycles. The van der Waals surface area contributed by atoms with Gasteiger partial charge in [-0.2, -0.15) is 0 Å². The summed E-state index contributed by atoms with van der Waals surface area (Å²) in [5, 5.41) is 2.82. The summed E-state index contributed by atoms with van der Waals surface area (Å²) in [7, 11) is 1.61. The number of rotatable bonds is 8. The zero-order chi connectivity index (χ0) is 22.3. The van der Waals surface area contributed by atoms with Crippen molar-refractivity contribution in [2.75, 3.05) is 51.3 Å². The summed E-state index contributed by atoms with van der Waals surface area (Å²) in [5.41, 5.74) is 3.71. The zero-order valence-electron chi connectivity index (χ0n) is 18.7. The lowest BCUT2D eigenvalue weighted by molar-refractivity contribution is 0.0937. The van der Waals surface area contributed by atoms with Gasteiger partial charge in [-0.25, -0.2) is 4.98 Å². The molecule has 0 atom stereocenters. The highest BCUT2D eigenvalue weighted by atomic mass is 16.5. The first kappa shape index (κ1) is 22.0. The largest absolute Gasteiger partial charge is 0.441 e. The van der Waals surface area contributed by atoms with Crippen LogP contribution in [0.5, 0.6) is 0 Å². The van der Waals surface area contributed by atoms with Gasteiger partial charge in [-0.05, 0) is 43.3 Å². The maximum absolute atomic E-state index is 12.1. The highest BCUT2D eigenvalue weighted by Crippen LogP contribution is 2.24. The molecule has 7 heteroatoms. The van der Waals surface area contributed by atoms with E-state index in [2.05, 4.69) is 45.4 Å². The average molecular weight is 435 g/mol. The van der Waals surface area contributed by atoms with E-state index in [-0.39, 0.29) is 5.91 Å². The lowest BCUT2D eigenvalue weighted by Gasteiger charge is -2.35. The molecule has 3 aromatic rings. The van der Waals surface area contributed by atoms with Gasteiger partial charge < -0.3 is 19.4 Å². The maximum Gasteiger partial charge on any atom is 0.251 e. The van der Waals surface area contributed by atoms with Gasteiger partial charge in [0.25, 0.3) is 5.91 Å².